The highest BCUT2D eigenvalue weighted by atomic mass is 16.6. The minimum atomic E-state index is -0.674. The largest absolute Gasteiger partial charge is 0.482 e. The first-order valence-electron chi connectivity index (χ1n) is 5.30. The fourth-order valence-corrected chi connectivity index (χ4v) is 1.45. The van der Waals surface area contributed by atoms with E-state index in [1.807, 2.05) is 0 Å². The minimum Gasteiger partial charge on any atom is -0.482 e. The van der Waals surface area contributed by atoms with E-state index in [2.05, 4.69) is 15.4 Å². The third kappa shape index (κ3) is 2.89. The average Bonchev–Trinajstić information content (AvgIpc) is 2.36. The summed E-state index contributed by atoms with van der Waals surface area (Å²) in [5, 5.41) is 13.6. The molecule has 0 atom stereocenters. The molecule has 18 heavy (non-hydrogen) atoms. The van der Waals surface area contributed by atoms with Gasteiger partial charge in [0.25, 0.3) is 5.91 Å². The number of amides is 2. The number of rotatable bonds is 3. The van der Waals surface area contributed by atoms with Gasteiger partial charge in [0.1, 0.15) is 12.4 Å². The topological polar surface area (TPSA) is 96.9 Å². The molecule has 7 heteroatoms. The number of carbonyl (C=O) groups is 2. The highest BCUT2D eigenvalue weighted by Crippen LogP contribution is 2.30. The number of aliphatic hydroxyl groups excluding tert-OH is 1. The van der Waals surface area contributed by atoms with Crippen LogP contribution in [0.1, 0.15) is 0 Å². The normalized spacial score (nSPS) is 13.1. The molecule has 0 fully saturated rings. The van der Waals surface area contributed by atoms with Gasteiger partial charge in [0.2, 0.25) is 0 Å². The lowest BCUT2D eigenvalue weighted by Gasteiger charge is -2.18. The van der Waals surface area contributed by atoms with Crippen LogP contribution in [0.25, 0.3) is 0 Å². The number of ether oxygens (including phenoxy) is 2. The second-order valence-corrected chi connectivity index (χ2v) is 3.53. The zero-order valence-electron chi connectivity index (χ0n) is 9.43. The second kappa shape index (κ2) is 5.37. The molecule has 0 unspecified atom stereocenters. The van der Waals surface area contributed by atoms with E-state index >= 15 is 0 Å². The predicted octanol–water partition coefficient (Wildman–Crippen LogP) is 0.558. The van der Waals surface area contributed by atoms with E-state index in [-0.39, 0.29) is 25.7 Å². The summed E-state index contributed by atoms with van der Waals surface area (Å²) in [6.07, 6.45) is -0.674. The Bertz CT molecular complexity index is 475. The van der Waals surface area contributed by atoms with Crippen LogP contribution < -0.4 is 15.4 Å². The van der Waals surface area contributed by atoms with Gasteiger partial charge in [0, 0.05) is 5.69 Å². The van der Waals surface area contributed by atoms with Gasteiger partial charge in [-0.15, -0.1) is 0 Å². The van der Waals surface area contributed by atoms with Gasteiger partial charge in [0.15, 0.2) is 6.61 Å². The van der Waals surface area contributed by atoms with Crippen LogP contribution in [0.3, 0.4) is 0 Å². The summed E-state index contributed by atoms with van der Waals surface area (Å²) in [5.74, 6) is 0.298. The first kappa shape index (κ1) is 12.2. The molecule has 1 aromatic rings. The number of hydrogen-bond acceptors (Lipinski definition) is 5. The lowest BCUT2D eigenvalue weighted by molar-refractivity contribution is -0.118. The van der Waals surface area contributed by atoms with Crippen LogP contribution in [0, 0.1) is 0 Å². The quantitative estimate of drug-likeness (QED) is 0.730. The molecule has 2 rings (SSSR count). The lowest BCUT2D eigenvalue weighted by atomic mass is 10.2. The monoisotopic (exact) mass is 252 g/mol. The first-order valence-corrected chi connectivity index (χ1v) is 5.30. The van der Waals surface area contributed by atoms with Gasteiger partial charge < -0.3 is 19.9 Å². The molecule has 0 bridgehead atoms. The zero-order valence-corrected chi connectivity index (χ0v) is 9.43. The van der Waals surface area contributed by atoms with Crippen molar-refractivity contribution in [3.63, 3.8) is 0 Å². The number of anilines is 2. The van der Waals surface area contributed by atoms with Crippen LogP contribution in [0.2, 0.25) is 0 Å². The fraction of sp³-hybridized carbons (Fsp3) is 0.273. The number of fused-ring (bicyclic) bond motifs is 1. The molecule has 1 aliphatic heterocycles. The molecule has 7 nitrogen and oxygen atoms in total. The SMILES string of the molecule is O=C1COc2ccc(NC(=O)OCCO)cc2N1. The van der Waals surface area contributed by atoms with E-state index in [9.17, 15) is 9.59 Å². The third-order valence-electron chi connectivity index (χ3n) is 2.18. The Kier molecular flexibility index (Phi) is 3.63. The zero-order chi connectivity index (χ0) is 13.0. The summed E-state index contributed by atoms with van der Waals surface area (Å²) in [6, 6.07) is 4.82. The van der Waals surface area contributed by atoms with Gasteiger partial charge in [0.05, 0.1) is 12.3 Å². The summed E-state index contributed by atoms with van der Waals surface area (Å²) in [5.41, 5.74) is 0.952. The second-order valence-electron chi connectivity index (χ2n) is 3.53. The minimum absolute atomic E-state index is 0.0156. The Morgan fingerprint density at radius 2 is 2.39 bits per heavy atom. The Morgan fingerprint density at radius 1 is 1.56 bits per heavy atom. The van der Waals surface area contributed by atoms with E-state index in [1.165, 1.54) is 0 Å². The molecule has 0 aromatic heterocycles. The molecule has 0 saturated carbocycles. The maximum atomic E-state index is 11.2. The van der Waals surface area contributed by atoms with Gasteiger partial charge in [-0.1, -0.05) is 0 Å². The highest BCUT2D eigenvalue weighted by molar-refractivity contribution is 5.96. The molecule has 1 heterocycles. The molecule has 1 aromatic carbocycles. The van der Waals surface area contributed by atoms with Gasteiger partial charge in [-0.2, -0.15) is 0 Å². The van der Waals surface area contributed by atoms with E-state index in [1.54, 1.807) is 18.2 Å². The number of nitrogens with one attached hydrogen (secondary N) is 2. The van der Waals surface area contributed by atoms with E-state index < -0.39 is 6.09 Å². The molecular formula is C11H12N2O5. The molecule has 3 N–H and O–H groups in total. The van der Waals surface area contributed by atoms with Gasteiger partial charge in [-0.05, 0) is 18.2 Å². The van der Waals surface area contributed by atoms with Crippen molar-refractivity contribution in [1.29, 1.82) is 0 Å². The van der Waals surface area contributed by atoms with Crippen LogP contribution in [-0.4, -0.2) is 36.9 Å². The summed E-state index contributed by atoms with van der Waals surface area (Å²) in [4.78, 5) is 22.4. The summed E-state index contributed by atoms with van der Waals surface area (Å²) < 4.78 is 9.81. The van der Waals surface area contributed by atoms with Crippen molar-refractivity contribution in [3.8, 4) is 5.75 Å². The first-order chi connectivity index (χ1) is 8.69. The summed E-state index contributed by atoms with van der Waals surface area (Å²) >= 11 is 0. The summed E-state index contributed by atoms with van der Waals surface area (Å²) in [6.45, 7) is -0.323. The maximum absolute atomic E-state index is 11.2. The Hall–Kier alpha value is -2.28. The Balaban J connectivity index is 2.04. The van der Waals surface area contributed by atoms with Crippen molar-refractivity contribution in [3.05, 3.63) is 18.2 Å². The van der Waals surface area contributed by atoms with Crippen LogP contribution in [0.5, 0.6) is 5.75 Å². The molecule has 96 valence electrons. The maximum Gasteiger partial charge on any atom is 0.411 e. The number of carbonyl (C=O) groups excluding carboxylic acids is 2. The molecule has 2 amide bonds. The molecule has 0 aliphatic carbocycles. The highest BCUT2D eigenvalue weighted by Gasteiger charge is 2.16. The van der Waals surface area contributed by atoms with E-state index in [0.717, 1.165) is 0 Å². The molecular weight excluding hydrogens is 240 g/mol. The van der Waals surface area contributed by atoms with Crippen molar-refractivity contribution in [1.82, 2.24) is 0 Å². The fourth-order valence-electron chi connectivity index (χ4n) is 1.45. The standard InChI is InChI=1S/C11H12N2O5/c14-3-4-17-11(16)12-7-1-2-9-8(5-7)13-10(15)6-18-9/h1-2,5,14H,3-4,6H2,(H,12,16)(H,13,15). The molecule has 1 aliphatic rings. The van der Waals surface area contributed by atoms with Gasteiger partial charge in [-0.25, -0.2) is 4.79 Å². The molecule has 0 radical (unpaired) electrons. The number of benzene rings is 1. The molecule has 0 spiro atoms. The van der Waals surface area contributed by atoms with Gasteiger partial charge >= 0.3 is 6.09 Å². The van der Waals surface area contributed by atoms with Crippen LogP contribution in [0.4, 0.5) is 16.2 Å². The van der Waals surface area contributed by atoms with E-state index in [0.29, 0.717) is 17.1 Å². The smallest absolute Gasteiger partial charge is 0.411 e. The van der Waals surface area contributed by atoms with Crippen LogP contribution >= 0.6 is 0 Å². The van der Waals surface area contributed by atoms with Crippen molar-refractivity contribution in [2.24, 2.45) is 0 Å². The van der Waals surface area contributed by atoms with Crippen LogP contribution in [-0.2, 0) is 9.53 Å². The van der Waals surface area contributed by atoms with Crippen LogP contribution in [0.15, 0.2) is 18.2 Å². The molecule has 0 saturated heterocycles. The summed E-state index contributed by atoms with van der Waals surface area (Å²) in [7, 11) is 0. The lowest BCUT2D eigenvalue weighted by Crippen LogP contribution is -2.25. The Labute approximate surface area is 103 Å². The Morgan fingerprint density at radius 3 is 3.17 bits per heavy atom. The van der Waals surface area contributed by atoms with Crippen molar-refractivity contribution in [2.45, 2.75) is 0 Å². The number of hydrogen-bond donors (Lipinski definition) is 3. The third-order valence-corrected chi connectivity index (χ3v) is 2.18. The van der Waals surface area contributed by atoms with Crippen molar-refractivity contribution in [2.75, 3.05) is 30.5 Å². The van der Waals surface area contributed by atoms with Crippen molar-refractivity contribution < 1.29 is 24.2 Å². The van der Waals surface area contributed by atoms with E-state index in [4.69, 9.17) is 9.84 Å². The predicted molar refractivity (Wildman–Crippen MR) is 62.6 cm³/mol. The number of aliphatic hydroxyl groups is 1. The average molecular weight is 252 g/mol. The van der Waals surface area contributed by atoms with Crippen molar-refractivity contribution >= 4 is 23.4 Å². The van der Waals surface area contributed by atoms with Gasteiger partial charge in [-0.3, -0.25) is 10.1 Å².